The minimum atomic E-state index is -1.19. The summed E-state index contributed by atoms with van der Waals surface area (Å²) in [5, 5.41) is 2.85. The van der Waals surface area contributed by atoms with Gasteiger partial charge in [0.25, 0.3) is 0 Å². The predicted molar refractivity (Wildman–Crippen MR) is 130 cm³/mol. The maximum Gasteiger partial charge on any atom is 0.241 e. The molecular weight excluding hydrogens is 446 g/mol. The number of imide groups is 1. The third-order valence-electron chi connectivity index (χ3n) is 7.02. The summed E-state index contributed by atoms with van der Waals surface area (Å²) in [5.74, 6) is -0.611. The van der Waals surface area contributed by atoms with E-state index in [0.717, 1.165) is 34.5 Å². The van der Waals surface area contributed by atoms with Gasteiger partial charge < -0.3 is 4.90 Å². The molecule has 6 nitrogen and oxygen atoms in total. The number of aryl methyl sites for hydroxylation is 1. The summed E-state index contributed by atoms with van der Waals surface area (Å²) in [6.07, 6.45) is 3.51. The maximum atomic E-state index is 14.0. The molecule has 3 heterocycles. The first-order valence-electron chi connectivity index (χ1n) is 11.6. The van der Waals surface area contributed by atoms with Gasteiger partial charge in [-0.25, -0.2) is 4.98 Å². The number of benzene rings is 2. The van der Waals surface area contributed by atoms with Crippen molar-refractivity contribution in [2.45, 2.75) is 50.6 Å². The maximum absolute atomic E-state index is 14.0. The van der Waals surface area contributed by atoms with Gasteiger partial charge in [-0.1, -0.05) is 54.6 Å². The Kier molecular flexibility index (Phi) is 6.04. The number of nitrogens with zero attached hydrogens (tertiary/aromatic N) is 3. The highest BCUT2D eigenvalue weighted by atomic mass is 32.1. The fourth-order valence-electron chi connectivity index (χ4n) is 5.36. The lowest BCUT2D eigenvalue weighted by molar-refractivity contribution is -0.143. The lowest BCUT2D eigenvalue weighted by Crippen LogP contribution is -2.43. The van der Waals surface area contributed by atoms with Crippen LogP contribution in [0.15, 0.2) is 66.2 Å². The van der Waals surface area contributed by atoms with Crippen molar-refractivity contribution in [1.29, 1.82) is 0 Å². The monoisotopic (exact) mass is 473 g/mol. The third-order valence-corrected chi connectivity index (χ3v) is 7.89. The Morgan fingerprint density at radius 2 is 1.88 bits per heavy atom. The van der Waals surface area contributed by atoms with Gasteiger partial charge in [0.15, 0.2) is 0 Å². The van der Waals surface area contributed by atoms with Crippen molar-refractivity contribution in [2.24, 2.45) is 0 Å². The van der Waals surface area contributed by atoms with Gasteiger partial charge in [-0.05, 0) is 36.5 Å². The highest BCUT2D eigenvalue weighted by Gasteiger charge is 2.55. The summed E-state index contributed by atoms with van der Waals surface area (Å²) >= 11 is 1.55. The second kappa shape index (κ2) is 9.14. The van der Waals surface area contributed by atoms with Crippen LogP contribution < -0.4 is 0 Å². The molecule has 0 saturated carbocycles. The second-order valence-electron chi connectivity index (χ2n) is 9.14. The quantitative estimate of drug-likeness (QED) is 0.498. The molecule has 2 atom stereocenters. The first kappa shape index (κ1) is 22.5. The van der Waals surface area contributed by atoms with Crippen LogP contribution >= 0.6 is 11.3 Å². The number of aromatic nitrogens is 1. The number of thiazole rings is 1. The van der Waals surface area contributed by atoms with E-state index in [4.69, 9.17) is 0 Å². The molecule has 2 fully saturated rings. The van der Waals surface area contributed by atoms with E-state index in [-0.39, 0.29) is 43.1 Å². The van der Waals surface area contributed by atoms with Crippen LogP contribution in [-0.2, 0) is 26.3 Å². The van der Waals surface area contributed by atoms with Gasteiger partial charge in [0.1, 0.15) is 5.01 Å². The molecule has 0 bridgehead atoms. The van der Waals surface area contributed by atoms with E-state index in [0.29, 0.717) is 6.54 Å². The van der Waals surface area contributed by atoms with Gasteiger partial charge in [0.2, 0.25) is 17.7 Å². The number of amides is 3. The summed E-state index contributed by atoms with van der Waals surface area (Å²) < 4.78 is 0. The van der Waals surface area contributed by atoms with Crippen molar-refractivity contribution in [3.8, 4) is 0 Å². The fraction of sp³-hybridized carbons (Fsp3) is 0.333. The molecule has 0 unspecified atom stereocenters. The van der Waals surface area contributed by atoms with Crippen LogP contribution in [0.2, 0.25) is 0 Å². The molecule has 0 N–H and O–H groups in total. The Morgan fingerprint density at radius 3 is 2.62 bits per heavy atom. The zero-order valence-electron chi connectivity index (χ0n) is 19.1. The van der Waals surface area contributed by atoms with E-state index in [2.05, 4.69) is 4.98 Å². The van der Waals surface area contributed by atoms with Gasteiger partial charge in [-0.2, -0.15) is 0 Å². The first-order chi connectivity index (χ1) is 16.5. The first-order valence-corrected chi connectivity index (χ1v) is 12.5. The van der Waals surface area contributed by atoms with Crippen molar-refractivity contribution < 1.29 is 14.4 Å². The van der Waals surface area contributed by atoms with Gasteiger partial charge in [0, 0.05) is 31.0 Å². The molecule has 7 heteroatoms. The molecule has 2 aliphatic heterocycles. The number of hydrogen-bond donors (Lipinski definition) is 0. The largest absolute Gasteiger partial charge is 0.333 e. The Labute approximate surface area is 203 Å². The average Bonchev–Trinajstić information content (AvgIpc) is 3.58. The molecule has 1 aromatic heterocycles. The van der Waals surface area contributed by atoms with Crippen molar-refractivity contribution in [1.82, 2.24) is 14.8 Å². The van der Waals surface area contributed by atoms with Crippen molar-refractivity contribution in [2.75, 3.05) is 6.54 Å². The minimum absolute atomic E-state index is 0.00498. The van der Waals surface area contributed by atoms with Crippen LogP contribution in [0.5, 0.6) is 0 Å². The number of hydrogen-bond acceptors (Lipinski definition) is 5. The van der Waals surface area contributed by atoms with E-state index in [1.165, 1.54) is 4.90 Å². The van der Waals surface area contributed by atoms with Crippen molar-refractivity contribution in [3.05, 3.63) is 87.9 Å². The van der Waals surface area contributed by atoms with Gasteiger partial charge in [-0.3, -0.25) is 19.3 Å². The Morgan fingerprint density at radius 1 is 1.12 bits per heavy atom. The SMILES string of the molecule is Cc1ccccc1[C@]1(CC(=O)N2CCC[C@H]2c2nccs2)CC(=O)N(Cc2ccccc2)C1=O. The summed E-state index contributed by atoms with van der Waals surface area (Å²) in [6.45, 7) is 2.79. The highest BCUT2D eigenvalue weighted by Crippen LogP contribution is 2.44. The summed E-state index contributed by atoms with van der Waals surface area (Å²) in [6, 6.07) is 17.1. The standard InChI is InChI=1S/C27H27N3O3S/c1-19-8-5-6-11-21(19)27(16-23(31)29-14-7-12-22(29)25-28-13-15-34-25)17-24(32)30(26(27)33)18-20-9-3-2-4-10-20/h2-6,8-11,13,15,22H,7,12,14,16-18H2,1H3/t22-,27-/m0/s1. The molecule has 0 radical (unpaired) electrons. The molecule has 0 spiro atoms. The highest BCUT2D eigenvalue weighted by molar-refractivity contribution is 7.09. The Bertz CT molecular complexity index is 1210. The van der Waals surface area contributed by atoms with Gasteiger partial charge >= 0.3 is 0 Å². The van der Waals surface area contributed by atoms with E-state index in [1.807, 2.05) is 71.8 Å². The number of likely N-dealkylation sites (tertiary alicyclic amines) is 2. The zero-order chi connectivity index (χ0) is 23.7. The molecule has 2 aliphatic rings. The van der Waals surface area contributed by atoms with Crippen LogP contribution in [0.4, 0.5) is 0 Å². The third kappa shape index (κ3) is 3.94. The van der Waals surface area contributed by atoms with E-state index in [1.54, 1.807) is 17.5 Å². The number of rotatable bonds is 6. The molecule has 174 valence electrons. The van der Waals surface area contributed by atoms with Crippen molar-refractivity contribution in [3.63, 3.8) is 0 Å². The van der Waals surface area contributed by atoms with E-state index >= 15 is 0 Å². The van der Waals surface area contributed by atoms with E-state index < -0.39 is 5.41 Å². The molecular formula is C27H27N3O3S. The second-order valence-corrected chi connectivity index (χ2v) is 10.1. The van der Waals surface area contributed by atoms with Gasteiger partial charge in [0.05, 0.1) is 18.0 Å². The molecule has 3 aromatic rings. The Hall–Kier alpha value is -3.32. The molecule has 2 aromatic carbocycles. The van der Waals surface area contributed by atoms with E-state index in [9.17, 15) is 14.4 Å². The smallest absolute Gasteiger partial charge is 0.241 e. The molecule has 5 rings (SSSR count). The normalized spacial score (nSPS) is 22.6. The molecule has 34 heavy (non-hydrogen) atoms. The molecule has 3 amide bonds. The van der Waals surface area contributed by atoms with Crippen LogP contribution in [0.3, 0.4) is 0 Å². The summed E-state index contributed by atoms with van der Waals surface area (Å²) in [7, 11) is 0. The minimum Gasteiger partial charge on any atom is -0.333 e. The van der Waals surface area contributed by atoms with Crippen LogP contribution in [0, 0.1) is 6.92 Å². The topological polar surface area (TPSA) is 70.6 Å². The van der Waals surface area contributed by atoms with Crippen LogP contribution in [0.1, 0.15) is 53.4 Å². The lowest BCUT2D eigenvalue weighted by atomic mass is 9.74. The number of carbonyl (C=O) groups is 3. The fourth-order valence-corrected chi connectivity index (χ4v) is 6.15. The zero-order valence-corrected chi connectivity index (χ0v) is 20.0. The summed E-state index contributed by atoms with van der Waals surface area (Å²) in [4.78, 5) is 48.6. The van der Waals surface area contributed by atoms with Crippen LogP contribution in [-0.4, -0.2) is 39.1 Å². The van der Waals surface area contributed by atoms with Crippen LogP contribution in [0.25, 0.3) is 0 Å². The molecule has 2 saturated heterocycles. The van der Waals surface area contributed by atoms with Crippen molar-refractivity contribution >= 4 is 29.1 Å². The lowest BCUT2D eigenvalue weighted by Gasteiger charge is -2.32. The average molecular weight is 474 g/mol. The van der Waals surface area contributed by atoms with Gasteiger partial charge in [-0.15, -0.1) is 11.3 Å². The Balaban J connectivity index is 1.49. The summed E-state index contributed by atoms with van der Waals surface area (Å²) in [5.41, 5.74) is 1.38. The molecule has 0 aliphatic carbocycles. The number of carbonyl (C=O) groups excluding carboxylic acids is 3. The predicted octanol–water partition coefficient (Wildman–Crippen LogP) is 4.40.